The average Bonchev–Trinajstić information content (AvgIpc) is 2.59. The van der Waals surface area contributed by atoms with Gasteiger partial charge in [-0.1, -0.05) is 23.7 Å². The van der Waals surface area contributed by atoms with Crippen LogP contribution in [0.15, 0.2) is 47.4 Å². The van der Waals surface area contributed by atoms with E-state index in [0.717, 1.165) is 11.1 Å². The molecular formula is C18H18ClNO4S2. The summed E-state index contributed by atoms with van der Waals surface area (Å²) in [5.74, 6) is 0.695. The maximum atomic E-state index is 12.4. The first kappa shape index (κ1) is 19.2. The number of ether oxygens (including phenoxy) is 1. The van der Waals surface area contributed by atoms with Gasteiger partial charge in [-0.2, -0.15) is 0 Å². The molecule has 2 aromatic carbocycles. The van der Waals surface area contributed by atoms with Crippen LogP contribution in [0.2, 0.25) is 5.02 Å². The van der Waals surface area contributed by atoms with Gasteiger partial charge >= 0.3 is 0 Å². The van der Waals surface area contributed by atoms with Crippen molar-refractivity contribution >= 4 is 39.4 Å². The molecule has 5 nitrogen and oxygen atoms in total. The number of hydrogen-bond acceptors (Lipinski definition) is 4. The van der Waals surface area contributed by atoms with Gasteiger partial charge in [-0.15, -0.1) is 12.6 Å². The normalized spacial score (nSPS) is 16.6. The molecule has 0 saturated carbocycles. The molecule has 26 heavy (non-hydrogen) atoms. The highest BCUT2D eigenvalue weighted by Crippen LogP contribution is 2.34. The summed E-state index contributed by atoms with van der Waals surface area (Å²) in [6.45, 7) is 0.769. The molecule has 1 aliphatic rings. The second kappa shape index (κ2) is 8.00. The molecule has 0 saturated heterocycles. The lowest BCUT2D eigenvalue weighted by Gasteiger charge is -2.26. The molecule has 0 amide bonds. The summed E-state index contributed by atoms with van der Waals surface area (Å²) >= 11 is 9.60. The van der Waals surface area contributed by atoms with Crippen molar-refractivity contribution in [1.29, 1.82) is 0 Å². The molecule has 1 heterocycles. The number of thiol groups is 1. The lowest BCUT2D eigenvalue weighted by Crippen LogP contribution is -2.30. The number of carbonyl (C=O) groups is 1. The fourth-order valence-electron chi connectivity index (χ4n) is 2.91. The van der Waals surface area contributed by atoms with Crippen LogP contribution in [0, 0.1) is 0 Å². The van der Waals surface area contributed by atoms with E-state index in [1.807, 2.05) is 18.2 Å². The fraction of sp³-hybridized carbons (Fsp3) is 0.278. The summed E-state index contributed by atoms with van der Waals surface area (Å²) < 4.78 is 33.2. The minimum atomic E-state index is -3.61. The van der Waals surface area contributed by atoms with Gasteiger partial charge in [0.15, 0.2) is 5.12 Å². The van der Waals surface area contributed by atoms with Crippen LogP contribution in [0.3, 0.4) is 0 Å². The third kappa shape index (κ3) is 4.59. The highest BCUT2D eigenvalue weighted by atomic mass is 35.5. The molecule has 1 atom stereocenters. The summed E-state index contributed by atoms with van der Waals surface area (Å²) in [6, 6.07) is 11.6. The molecule has 1 N–H and O–H groups in total. The van der Waals surface area contributed by atoms with Crippen LogP contribution >= 0.6 is 24.2 Å². The Balaban J connectivity index is 1.74. The second-order valence-corrected chi connectivity index (χ2v) is 8.78. The standard InChI is InChI=1S/C18H18ClNO4S2/c19-14-2-4-15(5-3-14)26(22,23)20-11-13-7-8-24-17-9-12(10-18(21)25)1-6-16(13)17/h1-6,9,13,20H,7-8,10-11H2,(H,21,25). The Morgan fingerprint density at radius 2 is 1.96 bits per heavy atom. The maximum Gasteiger partial charge on any atom is 0.240 e. The Bertz CT molecular complexity index is 913. The Morgan fingerprint density at radius 1 is 1.23 bits per heavy atom. The van der Waals surface area contributed by atoms with E-state index < -0.39 is 10.0 Å². The van der Waals surface area contributed by atoms with Crippen LogP contribution in [0.5, 0.6) is 5.75 Å². The summed E-state index contributed by atoms with van der Waals surface area (Å²) in [7, 11) is -3.61. The molecule has 1 aliphatic heterocycles. The van der Waals surface area contributed by atoms with E-state index in [-0.39, 0.29) is 28.9 Å². The van der Waals surface area contributed by atoms with Crippen molar-refractivity contribution in [3.05, 3.63) is 58.6 Å². The average molecular weight is 412 g/mol. The fourth-order valence-corrected chi connectivity index (χ4v) is 4.30. The minimum Gasteiger partial charge on any atom is -0.493 e. The predicted octanol–water partition coefficient (Wildman–Crippen LogP) is 3.18. The summed E-state index contributed by atoms with van der Waals surface area (Å²) in [5.41, 5.74) is 1.76. The van der Waals surface area contributed by atoms with Gasteiger partial charge in [0.2, 0.25) is 10.0 Å². The first-order valence-electron chi connectivity index (χ1n) is 8.08. The zero-order valence-corrected chi connectivity index (χ0v) is 16.3. The third-order valence-corrected chi connectivity index (χ3v) is 6.09. The zero-order chi connectivity index (χ0) is 18.7. The van der Waals surface area contributed by atoms with Gasteiger partial charge in [0.05, 0.1) is 11.5 Å². The number of fused-ring (bicyclic) bond motifs is 1. The van der Waals surface area contributed by atoms with Gasteiger partial charge in [-0.25, -0.2) is 13.1 Å². The van der Waals surface area contributed by atoms with E-state index in [0.29, 0.717) is 23.8 Å². The molecular weight excluding hydrogens is 394 g/mol. The van der Waals surface area contributed by atoms with Crippen LogP contribution in [-0.4, -0.2) is 26.7 Å². The second-order valence-electron chi connectivity index (χ2n) is 6.08. The topological polar surface area (TPSA) is 72.5 Å². The Morgan fingerprint density at radius 3 is 2.65 bits per heavy atom. The Labute approximate surface area is 163 Å². The maximum absolute atomic E-state index is 12.4. The molecule has 1 unspecified atom stereocenters. The molecule has 8 heteroatoms. The number of rotatable bonds is 6. The molecule has 138 valence electrons. The quantitative estimate of drug-likeness (QED) is 0.716. The molecule has 0 aromatic heterocycles. The first-order valence-corrected chi connectivity index (χ1v) is 10.4. The van der Waals surface area contributed by atoms with Gasteiger partial charge < -0.3 is 4.74 Å². The first-order chi connectivity index (χ1) is 12.3. The highest BCUT2D eigenvalue weighted by Gasteiger charge is 2.24. The number of carbonyl (C=O) groups excluding carboxylic acids is 1. The number of nitrogens with one attached hydrogen (secondary N) is 1. The van der Waals surface area contributed by atoms with Crippen LogP contribution in [0.4, 0.5) is 0 Å². The summed E-state index contributed by atoms with van der Waals surface area (Å²) in [4.78, 5) is 11.3. The minimum absolute atomic E-state index is 0.00146. The number of benzene rings is 2. The SMILES string of the molecule is O=C(S)Cc1ccc2c(c1)OCCC2CNS(=O)(=O)c1ccc(Cl)cc1. The predicted molar refractivity (Wildman–Crippen MR) is 104 cm³/mol. The van der Waals surface area contributed by atoms with Crippen molar-refractivity contribution in [2.45, 2.75) is 23.7 Å². The lowest BCUT2D eigenvalue weighted by atomic mass is 9.92. The molecule has 3 rings (SSSR count). The van der Waals surface area contributed by atoms with Crippen molar-refractivity contribution in [2.75, 3.05) is 13.2 Å². The zero-order valence-electron chi connectivity index (χ0n) is 13.8. The van der Waals surface area contributed by atoms with Gasteiger partial charge in [0.1, 0.15) is 5.75 Å². The Hall–Kier alpha value is -1.54. The summed E-state index contributed by atoms with van der Waals surface area (Å²) in [5, 5.41) is 0.269. The Kier molecular flexibility index (Phi) is 5.92. The smallest absolute Gasteiger partial charge is 0.240 e. The number of halogens is 1. The van der Waals surface area contributed by atoms with Gasteiger partial charge in [0.25, 0.3) is 0 Å². The van der Waals surface area contributed by atoms with Crippen molar-refractivity contribution in [2.24, 2.45) is 0 Å². The number of sulfonamides is 1. The van der Waals surface area contributed by atoms with Crippen molar-refractivity contribution in [1.82, 2.24) is 4.72 Å². The van der Waals surface area contributed by atoms with E-state index in [2.05, 4.69) is 17.4 Å². The monoisotopic (exact) mass is 411 g/mol. The van der Waals surface area contributed by atoms with Gasteiger partial charge in [0, 0.05) is 23.9 Å². The molecule has 2 aromatic rings. The van der Waals surface area contributed by atoms with Crippen LogP contribution < -0.4 is 9.46 Å². The van der Waals surface area contributed by atoms with Gasteiger partial charge in [-0.3, -0.25) is 4.79 Å². The van der Waals surface area contributed by atoms with Crippen LogP contribution in [0.25, 0.3) is 0 Å². The largest absolute Gasteiger partial charge is 0.493 e. The summed E-state index contributed by atoms with van der Waals surface area (Å²) in [6.07, 6.45) is 0.939. The lowest BCUT2D eigenvalue weighted by molar-refractivity contribution is -0.110. The molecule has 0 fully saturated rings. The van der Waals surface area contributed by atoms with E-state index in [4.69, 9.17) is 16.3 Å². The van der Waals surface area contributed by atoms with Crippen molar-refractivity contribution < 1.29 is 17.9 Å². The molecule has 0 radical (unpaired) electrons. The van der Waals surface area contributed by atoms with Crippen LogP contribution in [0.1, 0.15) is 23.5 Å². The van der Waals surface area contributed by atoms with E-state index in [9.17, 15) is 13.2 Å². The molecule has 0 bridgehead atoms. The van der Waals surface area contributed by atoms with E-state index in [1.165, 1.54) is 12.1 Å². The number of hydrogen-bond donors (Lipinski definition) is 2. The van der Waals surface area contributed by atoms with Crippen molar-refractivity contribution in [3.8, 4) is 5.75 Å². The molecule has 0 spiro atoms. The van der Waals surface area contributed by atoms with Crippen LogP contribution in [-0.2, 0) is 21.2 Å². The van der Waals surface area contributed by atoms with E-state index >= 15 is 0 Å². The highest BCUT2D eigenvalue weighted by molar-refractivity contribution is 7.96. The third-order valence-electron chi connectivity index (χ3n) is 4.24. The van der Waals surface area contributed by atoms with Gasteiger partial charge in [-0.05, 0) is 47.9 Å². The van der Waals surface area contributed by atoms with Crippen molar-refractivity contribution in [3.63, 3.8) is 0 Å². The molecule has 0 aliphatic carbocycles. The van der Waals surface area contributed by atoms with E-state index in [1.54, 1.807) is 12.1 Å².